The van der Waals surface area contributed by atoms with Crippen LogP contribution in [0.3, 0.4) is 0 Å². The average Bonchev–Trinajstić information content (AvgIpc) is 3.63. The number of anilines is 2. The molecule has 0 aromatic carbocycles. The highest BCUT2D eigenvalue weighted by Crippen LogP contribution is 2.31. The number of rotatable bonds is 9. The maximum absolute atomic E-state index is 12.3. The van der Waals surface area contributed by atoms with Gasteiger partial charge < -0.3 is 24.8 Å². The molecular formula is C26H29N9O4. The molecule has 0 saturated carbocycles. The van der Waals surface area contributed by atoms with Gasteiger partial charge in [0, 0.05) is 50.3 Å². The van der Waals surface area contributed by atoms with Crippen LogP contribution in [-0.2, 0) is 18.3 Å². The third-order valence-electron chi connectivity index (χ3n) is 6.55. The van der Waals surface area contributed by atoms with Gasteiger partial charge in [-0.15, -0.1) is 0 Å². The quantitative estimate of drug-likeness (QED) is 0.243. The second kappa shape index (κ2) is 10.5. The lowest BCUT2D eigenvalue weighted by molar-refractivity contribution is 0.0588. The fraction of sp³-hybridized carbons (Fsp3) is 0.308. The predicted molar refractivity (Wildman–Crippen MR) is 144 cm³/mol. The average molecular weight is 532 g/mol. The summed E-state index contributed by atoms with van der Waals surface area (Å²) in [6, 6.07) is 3.45. The number of esters is 1. The van der Waals surface area contributed by atoms with Crippen LogP contribution in [0.1, 0.15) is 42.5 Å². The van der Waals surface area contributed by atoms with Gasteiger partial charge >= 0.3 is 5.97 Å². The molecule has 0 aliphatic carbocycles. The number of aromatic amines is 1. The number of carbonyl (C=O) groups excluding carboxylic acids is 1. The Morgan fingerprint density at radius 1 is 1.23 bits per heavy atom. The Bertz CT molecular complexity index is 1710. The Balaban J connectivity index is 1.56. The first-order chi connectivity index (χ1) is 18.8. The summed E-state index contributed by atoms with van der Waals surface area (Å²) in [5, 5.41) is 15.6. The van der Waals surface area contributed by atoms with Gasteiger partial charge in [-0.25, -0.2) is 24.7 Å². The van der Waals surface area contributed by atoms with Gasteiger partial charge in [-0.3, -0.25) is 13.9 Å². The molecule has 13 nitrogen and oxygen atoms in total. The molecule has 202 valence electrons. The van der Waals surface area contributed by atoms with Crippen molar-refractivity contribution < 1.29 is 14.6 Å². The lowest BCUT2D eigenvalue weighted by atomic mass is 10.1. The van der Waals surface area contributed by atoms with E-state index in [0.717, 1.165) is 16.9 Å². The van der Waals surface area contributed by atoms with Crippen molar-refractivity contribution in [2.24, 2.45) is 7.05 Å². The first kappa shape index (κ1) is 25.9. The number of fused-ring (bicyclic) bond motifs is 1. The molecule has 3 N–H and O–H groups in total. The van der Waals surface area contributed by atoms with E-state index in [1.54, 1.807) is 37.8 Å². The minimum atomic E-state index is -0.424. The summed E-state index contributed by atoms with van der Waals surface area (Å²) in [6.45, 7) is 4.55. The lowest BCUT2D eigenvalue weighted by Crippen LogP contribution is -2.14. The van der Waals surface area contributed by atoms with E-state index in [4.69, 9.17) is 9.72 Å². The van der Waals surface area contributed by atoms with Gasteiger partial charge in [0.1, 0.15) is 28.7 Å². The Kier molecular flexibility index (Phi) is 6.98. The zero-order valence-electron chi connectivity index (χ0n) is 22.0. The molecule has 0 amide bonds. The van der Waals surface area contributed by atoms with Gasteiger partial charge in [0.15, 0.2) is 5.82 Å². The van der Waals surface area contributed by atoms with E-state index in [-0.39, 0.29) is 23.9 Å². The van der Waals surface area contributed by atoms with Crippen LogP contribution in [0, 0.1) is 0 Å². The molecular weight excluding hydrogens is 502 g/mol. The molecule has 5 rings (SSSR count). The number of imidazole rings is 1. The van der Waals surface area contributed by atoms with Gasteiger partial charge in [-0.2, -0.15) is 0 Å². The second-order valence-corrected chi connectivity index (χ2v) is 9.09. The SMILES string of the molecule is CCn1cc(-c2nc([C@@H](C)CCO)n3cc(Nc4ccnc(-c5c[nH]n(C)c5=O)n4)ncc23)cc1C(=O)OC. The van der Waals surface area contributed by atoms with Gasteiger partial charge in [-0.05, 0) is 25.5 Å². The van der Waals surface area contributed by atoms with Crippen molar-refractivity contribution in [2.45, 2.75) is 32.7 Å². The number of H-pyrrole nitrogens is 1. The highest BCUT2D eigenvalue weighted by atomic mass is 16.5. The van der Waals surface area contributed by atoms with Crippen molar-refractivity contribution in [2.75, 3.05) is 19.0 Å². The number of carbonyl (C=O) groups is 1. The summed E-state index contributed by atoms with van der Waals surface area (Å²) in [6.07, 6.45) is 9.03. The number of methoxy groups -OCH3 is 1. The van der Waals surface area contributed by atoms with Crippen molar-refractivity contribution in [1.82, 2.24) is 38.7 Å². The van der Waals surface area contributed by atoms with Crippen LogP contribution in [0.5, 0.6) is 0 Å². The minimum absolute atomic E-state index is 0.0165. The Morgan fingerprint density at radius 2 is 2.05 bits per heavy atom. The number of ether oxygens (including phenoxy) is 1. The molecule has 5 aromatic rings. The van der Waals surface area contributed by atoms with Gasteiger partial charge in [-0.1, -0.05) is 6.92 Å². The number of aliphatic hydroxyl groups excluding tert-OH is 1. The van der Waals surface area contributed by atoms with Crippen LogP contribution in [0.25, 0.3) is 28.2 Å². The number of aliphatic hydroxyl groups is 1. The van der Waals surface area contributed by atoms with Crippen molar-refractivity contribution in [1.29, 1.82) is 0 Å². The highest BCUT2D eigenvalue weighted by Gasteiger charge is 2.22. The molecule has 39 heavy (non-hydrogen) atoms. The third-order valence-corrected chi connectivity index (χ3v) is 6.55. The van der Waals surface area contributed by atoms with Crippen LogP contribution < -0.4 is 10.9 Å². The van der Waals surface area contributed by atoms with E-state index in [9.17, 15) is 14.7 Å². The lowest BCUT2D eigenvalue weighted by Gasteiger charge is -2.10. The molecule has 0 saturated heterocycles. The monoisotopic (exact) mass is 531 g/mol. The molecule has 0 unspecified atom stereocenters. The topological polar surface area (TPSA) is 157 Å². The van der Waals surface area contributed by atoms with Crippen molar-refractivity contribution in [3.63, 3.8) is 0 Å². The number of aromatic nitrogens is 8. The molecule has 13 heteroatoms. The first-order valence-corrected chi connectivity index (χ1v) is 12.5. The summed E-state index contributed by atoms with van der Waals surface area (Å²) in [5.74, 6) is 1.50. The third kappa shape index (κ3) is 4.79. The Labute approximate surface area is 223 Å². The fourth-order valence-electron chi connectivity index (χ4n) is 4.44. The molecule has 0 radical (unpaired) electrons. The summed E-state index contributed by atoms with van der Waals surface area (Å²) in [5.41, 5.74) is 2.72. The van der Waals surface area contributed by atoms with E-state index in [1.165, 1.54) is 11.8 Å². The molecule has 5 heterocycles. The highest BCUT2D eigenvalue weighted by molar-refractivity contribution is 5.91. The van der Waals surface area contributed by atoms with E-state index in [0.29, 0.717) is 41.6 Å². The van der Waals surface area contributed by atoms with Crippen LogP contribution >= 0.6 is 0 Å². The number of hydrogen-bond acceptors (Lipinski definition) is 9. The normalized spacial score (nSPS) is 12.1. The number of hydrogen-bond donors (Lipinski definition) is 3. The van der Waals surface area contributed by atoms with E-state index in [2.05, 4.69) is 25.4 Å². The maximum atomic E-state index is 12.3. The van der Waals surface area contributed by atoms with E-state index >= 15 is 0 Å². The van der Waals surface area contributed by atoms with Crippen LogP contribution in [-0.4, -0.2) is 63.5 Å². The number of aryl methyl sites for hydroxylation is 2. The smallest absolute Gasteiger partial charge is 0.354 e. The van der Waals surface area contributed by atoms with Gasteiger partial charge in [0.2, 0.25) is 0 Å². The maximum Gasteiger partial charge on any atom is 0.354 e. The largest absolute Gasteiger partial charge is 0.464 e. The zero-order chi connectivity index (χ0) is 27.7. The van der Waals surface area contributed by atoms with Crippen molar-refractivity contribution >= 4 is 23.1 Å². The Hall–Kier alpha value is -4.78. The number of nitrogens with zero attached hydrogens (tertiary/aromatic N) is 7. The minimum Gasteiger partial charge on any atom is -0.464 e. The zero-order valence-corrected chi connectivity index (χ0v) is 22.0. The molecule has 0 aliphatic rings. The predicted octanol–water partition coefficient (Wildman–Crippen LogP) is 2.72. The standard InChI is InChI=1S/C26H29N9O4/c1-5-34-13-16(10-18(34)26(38)39-4)22-19-12-28-21(14-35(19)24(32-22)15(2)7-9-36)30-20-6-8-27-23(31-20)17-11-29-33(3)25(17)37/h6,8,10-15,29,36H,5,7,9H2,1-4H3,(H,27,30,31)/t15-/m0/s1. The Morgan fingerprint density at radius 3 is 2.74 bits per heavy atom. The van der Waals surface area contributed by atoms with Crippen LogP contribution in [0.15, 0.2) is 47.9 Å². The molecule has 0 spiro atoms. The second-order valence-electron chi connectivity index (χ2n) is 9.09. The molecule has 1 atom stereocenters. The molecule has 0 aliphatic heterocycles. The molecule has 5 aromatic heterocycles. The van der Waals surface area contributed by atoms with E-state index in [1.807, 2.05) is 35.2 Å². The molecule has 0 bridgehead atoms. The van der Waals surface area contributed by atoms with Crippen molar-refractivity contribution in [3.8, 4) is 22.6 Å². The van der Waals surface area contributed by atoms with E-state index < -0.39 is 5.97 Å². The summed E-state index contributed by atoms with van der Waals surface area (Å²) in [4.78, 5) is 42.8. The van der Waals surface area contributed by atoms with Gasteiger partial charge in [0.05, 0.1) is 30.7 Å². The summed E-state index contributed by atoms with van der Waals surface area (Å²) < 4.78 is 10.0. The summed E-state index contributed by atoms with van der Waals surface area (Å²) in [7, 11) is 2.97. The fourth-order valence-corrected chi connectivity index (χ4v) is 4.44. The van der Waals surface area contributed by atoms with Crippen molar-refractivity contribution in [3.05, 3.63) is 65.0 Å². The van der Waals surface area contributed by atoms with Gasteiger partial charge in [0.25, 0.3) is 5.56 Å². The van der Waals surface area contributed by atoms with Crippen LogP contribution in [0.2, 0.25) is 0 Å². The summed E-state index contributed by atoms with van der Waals surface area (Å²) >= 11 is 0. The van der Waals surface area contributed by atoms with Crippen LogP contribution in [0.4, 0.5) is 11.6 Å². The first-order valence-electron chi connectivity index (χ1n) is 12.5. The number of nitrogens with one attached hydrogen (secondary N) is 2. The molecule has 0 fully saturated rings.